The molecule has 0 bridgehead atoms. The van der Waals surface area contributed by atoms with Gasteiger partial charge in [0.05, 0.1) is 24.0 Å². The number of anilines is 2. The highest BCUT2D eigenvalue weighted by atomic mass is 16.5. The molecular formula is C14H22N2O2. The zero-order valence-corrected chi connectivity index (χ0v) is 11.6. The summed E-state index contributed by atoms with van der Waals surface area (Å²) in [5, 5.41) is 0. The van der Waals surface area contributed by atoms with Gasteiger partial charge in [-0.15, -0.1) is 0 Å². The highest BCUT2D eigenvalue weighted by Gasteiger charge is 2.12. The first-order chi connectivity index (χ1) is 8.49. The van der Waals surface area contributed by atoms with Crippen LogP contribution in [0.1, 0.15) is 30.6 Å². The van der Waals surface area contributed by atoms with Gasteiger partial charge < -0.3 is 15.4 Å². The van der Waals surface area contributed by atoms with E-state index in [-0.39, 0.29) is 5.97 Å². The van der Waals surface area contributed by atoms with Crippen molar-refractivity contribution in [2.45, 2.75) is 20.3 Å². The van der Waals surface area contributed by atoms with Gasteiger partial charge >= 0.3 is 5.97 Å². The molecule has 2 N–H and O–H groups in total. The van der Waals surface area contributed by atoms with Crippen molar-refractivity contribution in [1.29, 1.82) is 0 Å². The fraction of sp³-hybridized carbons (Fsp3) is 0.500. The Hall–Kier alpha value is -1.71. The van der Waals surface area contributed by atoms with Gasteiger partial charge in [-0.05, 0) is 24.1 Å². The van der Waals surface area contributed by atoms with Crippen LogP contribution in [0.5, 0.6) is 0 Å². The van der Waals surface area contributed by atoms with Crippen molar-refractivity contribution < 1.29 is 9.53 Å². The summed E-state index contributed by atoms with van der Waals surface area (Å²) < 4.78 is 4.71. The summed E-state index contributed by atoms with van der Waals surface area (Å²) in [6.45, 7) is 5.26. The van der Waals surface area contributed by atoms with Gasteiger partial charge in [-0.1, -0.05) is 20.3 Å². The predicted molar refractivity (Wildman–Crippen MR) is 74.9 cm³/mol. The van der Waals surface area contributed by atoms with E-state index < -0.39 is 0 Å². The van der Waals surface area contributed by atoms with Crippen molar-refractivity contribution in [1.82, 2.24) is 0 Å². The maximum atomic E-state index is 11.5. The normalized spacial score (nSPS) is 12.0. The summed E-state index contributed by atoms with van der Waals surface area (Å²) >= 11 is 0. The maximum absolute atomic E-state index is 11.5. The molecule has 1 aromatic rings. The van der Waals surface area contributed by atoms with E-state index in [1.54, 1.807) is 18.2 Å². The second kappa shape index (κ2) is 6.28. The third-order valence-corrected chi connectivity index (χ3v) is 3.15. The number of nitrogens with two attached hydrogens (primary N) is 1. The van der Waals surface area contributed by atoms with Crippen molar-refractivity contribution >= 4 is 17.3 Å². The summed E-state index contributed by atoms with van der Waals surface area (Å²) in [4.78, 5) is 13.6. The van der Waals surface area contributed by atoms with Gasteiger partial charge in [0.15, 0.2) is 0 Å². The Balaban J connectivity index is 2.96. The predicted octanol–water partition coefficient (Wildman–Crippen LogP) is 2.54. The number of nitrogen functional groups attached to an aromatic ring is 1. The smallest absolute Gasteiger partial charge is 0.337 e. The highest BCUT2D eigenvalue weighted by molar-refractivity contribution is 5.92. The summed E-state index contributed by atoms with van der Waals surface area (Å²) in [5.74, 6) is 0.240. The van der Waals surface area contributed by atoms with Gasteiger partial charge in [-0.2, -0.15) is 0 Å². The van der Waals surface area contributed by atoms with Crippen molar-refractivity contribution in [3.63, 3.8) is 0 Å². The van der Waals surface area contributed by atoms with Gasteiger partial charge in [0.2, 0.25) is 0 Å². The SMILES string of the molecule is CCC(C)CN(C)c1cc(C(=O)OC)ccc1N. The van der Waals surface area contributed by atoms with Gasteiger partial charge in [0.1, 0.15) is 0 Å². The van der Waals surface area contributed by atoms with Gasteiger partial charge in [0, 0.05) is 13.6 Å². The molecule has 0 fully saturated rings. The molecule has 18 heavy (non-hydrogen) atoms. The molecule has 0 aliphatic heterocycles. The standard InChI is InChI=1S/C14H22N2O2/c1-5-10(2)9-16(3)13-8-11(14(17)18-4)6-7-12(13)15/h6-8,10H,5,9,15H2,1-4H3. The Morgan fingerprint density at radius 3 is 2.72 bits per heavy atom. The van der Waals surface area contributed by atoms with E-state index in [4.69, 9.17) is 10.5 Å². The van der Waals surface area contributed by atoms with Crippen LogP contribution in [0.3, 0.4) is 0 Å². The van der Waals surface area contributed by atoms with Crippen LogP contribution < -0.4 is 10.6 Å². The second-order valence-corrected chi connectivity index (χ2v) is 4.66. The molecule has 100 valence electrons. The number of hydrogen-bond donors (Lipinski definition) is 1. The molecular weight excluding hydrogens is 228 g/mol. The third-order valence-electron chi connectivity index (χ3n) is 3.15. The summed E-state index contributed by atoms with van der Waals surface area (Å²) in [6, 6.07) is 5.21. The maximum Gasteiger partial charge on any atom is 0.337 e. The molecule has 4 heteroatoms. The minimum Gasteiger partial charge on any atom is -0.465 e. The molecule has 0 amide bonds. The lowest BCUT2D eigenvalue weighted by Gasteiger charge is -2.24. The molecule has 1 unspecified atom stereocenters. The minimum atomic E-state index is -0.340. The van der Waals surface area contributed by atoms with E-state index in [2.05, 4.69) is 18.7 Å². The van der Waals surface area contributed by atoms with Crippen molar-refractivity contribution in [3.8, 4) is 0 Å². The van der Waals surface area contributed by atoms with Crippen LogP contribution in [0.15, 0.2) is 18.2 Å². The number of rotatable bonds is 5. The van der Waals surface area contributed by atoms with E-state index in [1.165, 1.54) is 7.11 Å². The monoisotopic (exact) mass is 250 g/mol. The van der Waals surface area contributed by atoms with E-state index >= 15 is 0 Å². The Morgan fingerprint density at radius 2 is 2.17 bits per heavy atom. The molecule has 0 heterocycles. The van der Waals surface area contributed by atoms with Crippen LogP contribution in [-0.2, 0) is 4.74 Å². The zero-order chi connectivity index (χ0) is 13.7. The molecule has 0 aliphatic carbocycles. The Kier molecular flexibility index (Phi) is 5.01. The highest BCUT2D eigenvalue weighted by Crippen LogP contribution is 2.25. The van der Waals surface area contributed by atoms with Crippen molar-refractivity contribution in [2.75, 3.05) is 31.3 Å². The lowest BCUT2D eigenvalue weighted by molar-refractivity contribution is 0.0601. The van der Waals surface area contributed by atoms with E-state index in [0.29, 0.717) is 17.2 Å². The number of ether oxygens (including phenoxy) is 1. The van der Waals surface area contributed by atoms with Gasteiger partial charge in [-0.3, -0.25) is 0 Å². The van der Waals surface area contributed by atoms with Crippen LogP contribution in [0.2, 0.25) is 0 Å². The second-order valence-electron chi connectivity index (χ2n) is 4.66. The number of benzene rings is 1. The summed E-state index contributed by atoms with van der Waals surface area (Å²) in [6.07, 6.45) is 1.11. The Bertz CT molecular complexity index is 418. The first kappa shape index (κ1) is 14.4. The summed E-state index contributed by atoms with van der Waals surface area (Å²) in [7, 11) is 3.36. The first-order valence-corrected chi connectivity index (χ1v) is 6.18. The van der Waals surface area contributed by atoms with Crippen LogP contribution in [-0.4, -0.2) is 26.7 Å². The van der Waals surface area contributed by atoms with Gasteiger partial charge in [0.25, 0.3) is 0 Å². The molecule has 0 saturated carbocycles. The first-order valence-electron chi connectivity index (χ1n) is 6.18. The molecule has 0 spiro atoms. The van der Waals surface area contributed by atoms with E-state index in [9.17, 15) is 4.79 Å². The largest absolute Gasteiger partial charge is 0.465 e. The number of carbonyl (C=O) groups is 1. The molecule has 1 atom stereocenters. The van der Waals surface area contributed by atoms with Crippen LogP contribution in [0.25, 0.3) is 0 Å². The topological polar surface area (TPSA) is 55.6 Å². The molecule has 0 aromatic heterocycles. The number of methoxy groups -OCH3 is 1. The fourth-order valence-corrected chi connectivity index (χ4v) is 1.81. The van der Waals surface area contributed by atoms with Crippen molar-refractivity contribution in [2.24, 2.45) is 5.92 Å². The molecule has 1 aromatic carbocycles. The number of hydrogen-bond acceptors (Lipinski definition) is 4. The fourth-order valence-electron chi connectivity index (χ4n) is 1.81. The number of carbonyl (C=O) groups excluding carboxylic acids is 1. The molecule has 4 nitrogen and oxygen atoms in total. The third kappa shape index (κ3) is 3.39. The molecule has 0 radical (unpaired) electrons. The summed E-state index contributed by atoms with van der Waals surface area (Å²) in [5.41, 5.74) is 8.03. The van der Waals surface area contributed by atoms with E-state index in [0.717, 1.165) is 18.7 Å². The molecule has 1 rings (SSSR count). The van der Waals surface area contributed by atoms with Crippen molar-refractivity contribution in [3.05, 3.63) is 23.8 Å². The Morgan fingerprint density at radius 1 is 1.50 bits per heavy atom. The lowest BCUT2D eigenvalue weighted by atomic mass is 10.1. The molecule has 0 saturated heterocycles. The van der Waals surface area contributed by atoms with E-state index in [1.807, 2.05) is 7.05 Å². The van der Waals surface area contributed by atoms with Gasteiger partial charge in [-0.25, -0.2) is 4.79 Å². The number of esters is 1. The van der Waals surface area contributed by atoms with Crippen LogP contribution in [0, 0.1) is 5.92 Å². The minimum absolute atomic E-state index is 0.340. The lowest BCUT2D eigenvalue weighted by Crippen LogP contribution is -2.24. The average molecular weight is 250 g/mol. The molecule has 0 aliphatic rings. The quantitative estimate of drug-likeness (QED) is 0.644. The Labute approximate surface area is 109 Å². The van der Waals surface area contributed by atoms with Crippen LogP contribution in [0.4, 0.5) is 11.4 Å². The average Bonchev–Trinajstić information content (AvgIpc) is 2.37. The number of nitrogens with zero attached hydrogens (tertiary/aromatic N) is 1. The van der Waals surface area contributed by atoms with Crippen LogP contribution >= 0.6 is 0 Å². The zero-order valence-electron chi connectivity index (χ0n) is 11.6.